The molecule has 0 bridgehead atoms. The Morgan fingerprint density at radius 1 is 1.11 bits per heavy atom. The summed E-state index contributed by atoms with van der Waals surface area (Å²) in [5, 5.41) is 3.09. The molecular formula is C28H26F2N4O2. The van der Waals surface area contributed by atoms with E-state index in [1.165, 1.54) is 4.57 Å². The molecule has 0 radical (unpaired) electrons. The maximum atomic E-state index is 13.9. The topological polar surface area (TPSA) is 67.2 Å². The summed E-state index contributed by atoms with van der Waals surface area (Å²) in [5.41, 5.74) is 2.18. The van der Waals surface area contributed by atoms with Gasteiger partial charge < -0.3 is 10.2 Å². The summed E-state index contributed by atoms with van der Waals surface area (Å²) in [7, 11) is 0. The van der Waals surface area contributed by atoms with Crippen LogP contribution in [0.2, 0.25) is 0 Å². The fourth-order valence-electron chi connectivity index (χ4n) is 4.83. The average Bonchev–Trinajstić information content (AvgIpc) is 3.30. The molecule has 184 valence electrons. The van der Waals surface area contributed by atoms with Gasteiger partial charge >= 0.3 is 6.03 Å². The second-order valence-corrected chi connectivity index (χ2v) is 9.02. The summed E-state index contributed by atoms with van der Waals surface area (Å²) in [6, 6.07) is 18.2. The summed E-state index contributed by atoms with van der Waals surface area (Å²) >= 11 is 0. The van der Waals surface area contributed by atoms with Crippen molar-refractivity contribution in [3.8, 4) is 11.1 Å². The van der Waals surface area contributed by atoms with Gasteiger partial charge in [0.05, 0.1) is 22.6 Å². The molecular weight excluding hydrogens is 462 g/mol. The molecule has 5 rings (SSSR count). The van der Waals surface area contributed by atoms with E-state index >= 15 is 0 Å². The molecule has 0 saturated heterocycles. The Kier molecular flexibility index (Phi) is 6.26. The number of aromatic nitrogens is 2. The van der Waals surface area contributed by atoms with E-state index < -0.39 is 23.2 Å². The van der Waals surface area contributed by atoms with E-state index in [4.69, 9.17) is 0 Å². The number of hydrogen-bond donors (Lipinski definition) is 1. The molecule has 2 amide bonds. The highest BCUT2D eigenvalue weighted by molar-refractivity contribution is 5.95. The Hall–Kier alpha value is -4.07. The predicted molar refractivity (Wildman–Crippen MR) is 136 cm³/mol. The van der Waals surface area contributed by atoms with E-state index in [1.54, 1.807) is 4.90 Å². The molecule has 2 heterocycles. The SMILES string of the molecule is CCC(C)N(C(=O)Nc1ccccc1-c1ccccc1)C1CCn2c1nc1cc(F)c(F)cc1c2=O. The van der Waals surface area contributed by atoms with Gasteiger partial charge in [0.25, 0.3) is 5.56 Å². The minimum Gasteiger partial charge on any atom is -0.312 e. The van der Waals surface area contributed by atoms with Gasteiger partial charge in [-0.05, 0) is 37.5 Å². The summed E-state index contributed by atoms with van der Waals surface area (Å²) in [6.07, 6.45) is 1.16. The third kappa shape index (κ3) is 4.12. The molecule has 3 aromatic carbocycles. The van der Waals surface area contributed by atoms with Crippen LogP contribution in [0.1, 0.15) is 38.6 Å². The van der Waals surface area contributed by atoms with Crippen LogP contribution in [-0.4, -0.2) is 26.5 Å². The lowest BCUT2D eigenvalue weighted by Crippen LogP contribution is -2.43. The first-order valence-electron chi connectivity index (χ1n) is 12.0. The fraction of sp³-hybridized carbons (Fsp3) is 0.250. The molecule has 0 saturated carbocycles. The number of para-hydroxylation sites is 1. The van der Waals surface area contributed by atoms with E-state index in [-0.39, 0.29) is 23.0 Å². The average molecular weight is 489 g/mol. The first-order valence-corrected chi connectivity index (χ1v) is 12.0. The number of halogens is 2. The van der Waals surface area contributed by atoms with Crippen LogP contribution in [0, 0.1) is 11.6 Å². The van der Waals surface area contributed by atoms with Gasteiger partial charge in [0.1, 0.15) is 5.82 Å². The number of amides is 2. The number of nitrogens with zero attached hydrogens (tertiary/aromatic N) is 3. The molecule has 1 aliphatic heterocycles. The molecule has 6 nitrogen and oxygen atoms in total. The van der Waals surface area contributed by atoms with Crippen molar-refractivity contribution in [3.05, 3.63) is 94.5 Å². The molecule has 0 aliphatic carbocycles. The Morgan fingerprint density at radius 3 is 2.56 bits per heavy atom. The van der Waals surface area contributed by atoms with Crippen molar-refractivity contribution in [2.75, 3.05) is 5.32 Å². The van der Waals surface area contributed by atoms with Crippen molar-refractivity contribution in [1.82, 2.24) is 14.5 Å². The molecule has 8 heteroatoms. The molecule has 1 aromatic heterocycles. The molecule has 0 spiro atoms. The number of rotatable bonds is 5. The van der Waals surface area contributed by atoms with Crippen LogP contribution in [0.15, 0.2) is 71.5 Å². The zero-order valence-corrected chi connectivity index (χ0v) is 20.0. The first-order chi connectivity index (χ1) is 17.4. The van der Waals surface area contributed by atoms with Crippen LogP contribution in [0.25, 0.3) is 22.0 Å². The van der Waals surface area contributed by atoms with E-state index in [9.17, 15) is 18.4 Å². The van der Waals surface area contributed by atoms with Gasteiger partial charge in [0.2, 0.25) is 0 Å². The molecule has 4 aromatic rings. The van der Waals surface area contributed by atoms with Crippen LogP contribution < -0.4 is 10.9 Å². The van der Waals surface area contributed by atoms with Crippen LogP contribution >= 0.6 is 0 Å². The Bertz CT molecular complexity index is 1500. The number of benzene rings is 3. The number of anilines is 1. The summed E-state index contributed by atoms with van der Waals surface area (Å²) in [6.45, 7) is 4.26. The van der Waals surface area contributed by atoms with Gasteiger partial charge in [-0.2, -0.15) is 0 Å². The van der Waals surface area contributed by atoms with E-state index in [2.05, 4.69) is 10.3 Å². The van der Waals surface area contributed by atoms with Crippen molar-refractivity contribution >= 4 is 22.6 Å². The summed E-state index contributed by atoms with van der Waals surface area (Å²) in [4.78, 5) is 33.0. The van der Waals surface area contributed by atoms with Gasteiger partial charge in [0.15, 0.2) is 11.6 Å². The highest BCUT2D eigenvalue weighted by Crippen LogP contribution is 2.34. The normalized spacial score (nSPS) is 15.5. The highest BCUT2D eigenvalue weighted by Gasteiger charge is 2.36. The van der Waals surface area contributed by atoms with E-state index in [0.29, 0.717) is 30.9 Å². The quantitative estimate of drug-likeness (QED) is 0.368. The zero-order valence-electron chi connectivity index (χ0n) is 20.0. The molecule has 1 N–H and O–H groups in total. The Balaban J connectivity index is 1.53. The van der Waals surface area contributed by atoms with Crippen molar-refractivity contribution in [3.63, 3.8) is 0 Å². The molecule has 36 heavy (non-hydrogen) atoms. The number of carbonyl (C=O) groups is 1. The third-order valence-electron chi connectivity index (χ3n) is 6.84. The second kappa shape index (κ2) is 9.53. The van der Waals surface area contributed by atoms with Crippen molar-refractivity contribution in [2.45, 2.75) is 45.3 Å². The molecule has 2 unspecified atom stereocenters. The number of nitrogens with one attached hydrogen (secondary N) is 1. The highest BCUT2D eigenvalue weighted by atomic mass is 19.2. The van der Waals surface area contributed by atoms with Gasteiger partial charge in [-0.1, -0.05) is 55.5 Å². The maximum Gasteiger partial charge on any atom is 0.322 e. The van der Waals surface area contributed by atoms with E-state index in [1.807, 2.05) is 68.4 Å². The largest absolute Gasteiger partial charge is 0.322 e. The number of fused-ring (bicyclic) bond motifs is 2. The minimum atomic E-state index is -1.09. The zero-order chi connectivity index (χ0) is 25.4. The lowest BCUT2D eigenvalue weighted by atomic mass is 10.0. The lowest BCUT2D eigenvalue weighted by Gasteiger charge is -2.34. The Labute approximate surface area is 207 Å². The van der Waals surface area contributed by atoms with Gasteiger partial charge in [0, 0.05) is 24.2 Å². The summed E-state index contributed by atoms with van der Waals surface area (Å²) in [5.74, 6) is -1.78. The van der Waals surface area contributed by atoms with Crippen LogP contribution in [0.3, 0.4) is 0 Å². The smallest absolute Gasteiger partial charge is 0.312 e. The Morgan fingerprint density at radius 2 is 1.81 bits per heavy atom. The standard InChI is InChI=1S/C28H26F2N4O2/c1-3-17(2)34(28(36)32-23-12-8-7-11-19(23)18-9-5-4-6-10-18)25-13-14-33-26(25)31-24-16-22(30)21(29)15-20(24)27(33)35/h4-12,15-17,25H,3,13-14H2,1-2H3,(H,32,36). The van der Waals surface area contributed by atoms with Gasteiger partial charge in [-0.15, -0.1) is 0 Å². The van der Waals surface area contributed by atoms with Gasteiger partial charge in [-0.3, -0.25) is 9.36 Å². The van der Waals surface area contributed by atoms with Gasteiger partial charge in [-0.25, -0.2) is 18.6 Å². The fourth-order valence-corrected chi connectivity index (χ4v) is 4.83. The minimum absolute atomic E-state index is 0.0228. The molecule has 2 atom stereocenters. The number of urea groups is 1. The van der Waals surface area contributed by atoms with Crippen molar-refractivity contribution in [2.24, 2.45) is 0 Å². The monoisotopic (exact) mass is 488 g/mol. The van der Waals surface area contributed by atoms with E-state index in [0.717, 1.165) is 23.3 Å². The number of carbonyl (C=O) groups excluding carboxylic acids is 1. The van der Waals surface area contributed by atoms with Crippen LogP contribution in [0.5, 0.6) is 0 Å². The van der Waals surface area contributed by atoms with Crippen LogP contribution in [-0.2, 0) is 6.54 Å². The lowest BCUT2D eigenvalue weighted by molar-refractivity contribution is 0.157. The molecule has 0 fully saturated rings. The molecule has 1 aliphatic rings. The van der Waals surface area contributed by atoms with Crippen LogP contribution in [0.4, 0.5) is 19.3 Å². The van der Waals surface area contributed by atoms with Crippen molar-refractivity contribution < 1.29 is 13.6 Å². The predicted octanol–water partition coefficient (Wildman–Crippen LogP) is 6.12. The maximum absolute atomic E-state index is 13.9. The summed E-state index contributed by atoms with van der Waals surface area (Å²) < 4.78 is 29.2. The number of hydrogen-bond acceptors (Lipinski definition) is 3. The first kappa shape index (κ1) is 23.7. The third-order valence-corrected chi connectivity index (χ3v) is 6.84. The second-order valence-electron chi connectivity index (χ2n) is 9.02. The van der Waals surface area contributed by atoms with Crippen molar-refractivity contribution in [1.29, 1.82) is 0 Å².